The molecule has 182 valence electrons. The van der Waals surface area contributed by atoms with Crippen LogP contribution in [0.5, 0.6) is 5.88 Å². The molecule has 0 aliphatic rings. The van der Waals surface area contributed by atoms with Crippen molar-refractivity contribution >= 4 is 23.5 Å². The van der Waals surface area contributed by atoms with Crippen LogP contribution in [0.25, 0.3) is 0 Å². The number of alkyl halides is 3. The lowest BCUT2D eigenvalue weighted by Gasteiger charge is -2.20. The summed E-state index contributed by atoms with van der Waals surface area (Å²) in [6.07, 6.45) is -4.24. The second-order valence-corrected chi connectivity index (χ2v) is 7.32. The highest BCUT2D eigenvalue weighted by Gasteiger charge is 2.31. The molecular formula is C22H25F3N6O3. The zero-order valence-corrected chi connectivity index (χ0v) is 18.7. The first-order chi connectivity index (χ1) is 16.0. The van der Waals surface area contributed by atoms with Gasteiger partial charge >= 0.3 is 6.18 Å². The number of aromatic nitrogens is 2. The third kappa shape index (κ3) is 7.61. The van der Waals surface area contributed by atoms with Crippen LogP contribution in [0.15, 0.2) is 24.3 Å². The number of nitrogens with zero attached hydrogens (tertiary/aromatic N) is 3. The van der Waals surface area contributed by atoms with Gasteiger partial charge in [-0.05, 0) is 31.4 Å². The Bertz CT molecular complexity index is 1070. The van der Waals surface area contributed by atoms with E-state index in [0.717, 1.165) is 12.1 Å². The minimum absolute atomic E-state index is 0.0274. The molecule has 0 bridgehead atoms. The molecule has 0 saturated carbocycles. The van der Waals surface area contributed by atoms with Gasteiger partial charge in [-0.1, -0.05) is 18.2 Å². The average Bonchev–Trinajstić information content (AvgIpc) is 2.75. The summed E-state index contributed by atoms with van der Waals surface area (Å²) in [5.41, 5.74) is 4.98. The van der Waals surface area contributed by atoms with E-state index in [0.29, 0.717) is 6.42 Å². The number of amides is 1. The van der Waals surface area contributed by atoms with Gasteiger partial charge in [-0.15, -0.1) is 0 Å². The average molecular weight is 478 g/mol. The third-order valence-electron chi connectivity index (χ3n) is 4.66. The molecule has 1 amide bonds. The van der Waals surface area contributed by atoms with Crippen molar-refractivity contribution in [3.05, 3.63) is 41.0 Å². The number of benzene rings is 1. The lowest BCUT2D eigenvalue weighted by atomic mass is 9.98. The van der Waals surface area contributed by atoms with Crippen molar-refractivity contribution in [2.45, 2.75) is 45.3 Å². The summed E-state index contributed by atoms with van der Waals surface area (Å²) < 4.78 is 44.5. The Morgan fingerprint density at radius 1 is 1.29 bits per heavy atom. The predicted molar refractivity (Wildman–Crippen MR) is 118 cm³/mol. The van der Waals surface area contributed by atoms with E-state index in [1.165, 1.54) is 19.1 Å². The van der Waals surface area contributed by atoms with Crippen molar-refractivity contribution in [2.24, 2.45) is 0 Å². The topological polar surface area (TPSA) is 143 Å². The number of ether oxygens (including phenoxy) is 1. The quantitative estimate of drug-likeness (QED) is 0.419. The number of nitrogens with one attached hydrogen (secondary N) is 2. The maximum Gasteiger partial charge on any atom is 0.416 e. The highest BCUT2D eigenvalue weighted by atomic mass is 19.4. The molecule has 1 aromatic heterocycles. The van der Waals surface area contributed by atoms with E-state index in [1.54, 1.807) is 6.92 Å². The molecule has 0 aliphatic heterocycles. The predicted octanol–water partition coefficient (Wildman–Crippen LogP) is 2.86. The summed E-state index contributed by atoms with van der Waals surface area (Å²) in [5.74, 6) is -0.937. The maximum atomic E-state index is 13.1. The van der Waals surface area contributed by atoms with Gasteiger partial charge in [0.15, 0.2) is 17.2 Å². The van der Waals surface area contributed by atoms with Gasteiger partial charge < -0.3 is 21.1 Å². The first kappa shape index (κ1) is 26.4. The third-order valence-corrected chi connectivity index (χ3v) is 4.66. The number of hydrogen-bond donors (Lipinski definition) is 3. The van der Waals surface area contributed by atoms with Gasteiger partial charge in [0.1, 0.15) is 6.07 Å². The summed E-state index contributed by atoms with van der Waals surface area (Å²) in [6, 6.07) is 5.49. The molecule has 0 fully saturated rings. The summed E-state index contributed by atoms with van der Waals surface area (Å²) in [5, 5.41) is 15.0. The molecule has 4 N–H and O–H groups in total. The molecule has 9 nitrogen and oxygen atoms in total. The number of Topliss-reactive ketones (excluding diaryl/α,β-unsaturated/α-hetero) is 1. The number of nitrogens with two attached hydrogens (primary N) is 1. The van der Waals surface area contributed by atoms with Crippen molar-refractivity contribution in [3.63, 3.8) is 0 Å². The first-order valence-corrected chi connectivity index (χ1v) is 10.4. The van der Waals surface area contributed by atoms with Crippen molar-refractivity contribution in [1.29, 1.82) is 5.26 Å². The van der Waals surface area contributed by atoms with Gasteiger partial charge in [0.25, 0.3) is 0 Å². The highest BCUT2D eigenvalue weighted by Crippen LogP contribution is 2.30. The zero-order valence-electron chi connectivity index (χ0n) is 18.7. The first-order valence-electron chi connectivity index (χ1n) is 10.4. The van der Waals surface area contributed by atoms with Crippen molar-refractivity contribution < 1.29 is 27.5 Å². The van der Waals surface area contributed by atoms with Crippen LogP contribution >= 0.6 is 0 Å². The van der Waals surface area contributed by atoms with E-state index in [1.807, 2.05) is 6.07 Å². The molecule has 0 saturated heterocycles. The number of nitrogen functional groups attached to an aromatic ring is 1. The van der Waals surface area contributed by atoms with Crippen LogP contribution in [-0.2, 0) is 22.2 Å². The van der Waals surface area contributed by atoms with Crippen LogP contribution < -0.4 is 21.1 Å². The summed E-state index contributed by atoms with van der Waals surface area (Å²) in [7, 11) is 0. The summed E-state index contributed by atoms with van der Waals surface area (Å²) >= 11 is 0. The van der Waals surface area contributed by atoms with Gasteiger partial charge in [-0.2, -0.15) is 28.4 Å². The number of carbonyl (C=O) groups excluding carboxylic acids is 2. The Balaban J connectivity index is 2.31. The monoisotopic (exact) mass is 478 g/mol. The van der Waals surface area contributed by atoms with E-state index in [4.69, 9.17) is 10.5 Å². The normalized spacial score (nSPS) is 11.9. The SMILES string of the molecule is CCOc1nc(N)nc(N[C@@H](CCCNC(C)=O)C(=O)Cc2cccc(C(F)(F)F)c2)c1C#N. The number of anilines is 2. The molecule has 34 heavy (non-hydrogen) atoms. The second kappa shape index (κ2) is 11.8. The lowest BCUT2D eigenvalue weighted by molar-refractivity contribution is -0.137. The molecule has 0 radical (unpaired) electrons. The number of hydrogen-bond acceptors (Lipinski definition) is 8. The van der Waals surface area contributed by atoms with E-state index >= 15 is 0 Å². The minimum atomic E-state index is -4.54. The van der Waals surface area contributed by atoms with Gasteiger partial charge in [0.05, 0.1) is 18.2 Å². The fourth-order valence-electron chi connectivity index (χ4n) is 3.13. The van der Waals surface area contributed by atoms with Crippen molar-refractivity contribution in [1.82, 2.24) is 15.3 Å². The largest absolute Gasteiger partial charge is 0.477 e. The van der Waals surface area contributed by atoms with Crippen LogP contribution in [0.2, 0.25) is 0 Å². The van der Waals surface area contributed by atoms with E-state index in [-0.39, 0.29) is 60.7 Å². The van der Waals surface area contributed by atoms with E-state index in [2.05, 4.69) is 20.6 Å². The minimum Gasteiger partial charge on any atom is -0.477 e. The number of nitriles is 1. The van der Waals surface area contributed by atoms with Crippen LogP contribution in [0.3, 0.4) is 0 Å². The fraction of sp³-hybridized carbons (Fsp3) is 0.409. The molecule has 0 aliphatic carbocycles. The molecule has 2 aromatic rings. The molecule has 1 aromatic carbocycles. The Labute approximate surface area is 194 Å². The molecular weight excluding hydrogens is 453 g/mol. The fourth-order valence-corrected chi connectivity index (χ4v) is 3.13. The number of carbonyl (C=O) groups is 2. The van der Waals surface area contributed by atoms with Gasteiger partial charge in [-0.25, -0.2) is 0 Å². The van der Waals surface area contributed by atoms with Gasteiger partial charge in [0, 0.05) is 19.9 Å². The molecule has 2 rings (SSSR count). The second-order valence-electron chi connectivity index (χ2n) is 7.32. The zero-order chi connectivity index (χ0) is 25.3. The molecule has 1 heterocycles. The van der Waals surface area contributed by atoms with Crippen molar-refractivity contribution in [3.8, 4) is 11.9 Å². The smallest absolute Gasteiger partial charge is 0.416 e. The maximum absolute atomic E-state index is 13.1. The van der Waals surface area contributed by atoms with E-state index in [9.17, 15) is 28.0 Å². The van der Waals surface area contributed by atoms with Crippen molar-refractivity contribution in [2.75, 3.05) is 24.2 Å². The van der Waals surface area contributed by atoms with E-state index < -0.39 is 23.6 Å². The Morgan fingerprint density at radius 3 is 2.65 bits per heavy atom. The van der Waals surface area contributed by atoms with Gasteiger partial charge in [-0.3, -0.25) is 9.59 Å². The van der Waals surface area contributed by atoms with Crippen LogP contribution in [0.1, 0.15) is 43.4 Å². The molecule has 12 heteroatoms. The Kier molecular flexibility index (Phi) is 9.18. The summed E-state index contributed by atoms with van der Waals surface area (Å²) in [6.45, 7) is 3.54. The number of rotatable bonds is 11. The van der Waals surface area contributed by atoms with Crippen LogP contribution in [-0.4, -0.2) is 40.9 Å². The summed E-state index contributed by atoms with van der Waals surface area (Å²) in [4.78, 5) is 32.1. The lowest BCUT2D eigenvalue weighted by Crippen LogP contribution is -2.33. The number of ketones is 1. The molecule has 0 spiro atoms. The standard InChI is InChI=1S/C22H25F3N6O3/c1-3-34-20-16(12-26)19(30-21(27)31-20)29-17(8-5-9-28-13(2)32)18(33)11-14-6-4-7-15(10-14)22(23,24)25/h4,6-7,10,17H,3,5,8-9,11H2,1-2H3,(H,28,32)(H3,27,29,30,31)/t17-/m0/s1. The molecule has 1 atom stereocenters. The van der Waals surface area contributed by atoms with Gasteiger partial charge in [0.2, 0.25) is 17.7 Å². The Morgan fingerprint density at radius 2 is 2.03 bits per heavy atom. The Hall–Kier alpha value is -3.88. The highest BCUT2D eigenvalue weighted by molar-refractivity contribution is 5.88. The van der Waals surface area contributed by atoms with Crippen LogP contribution in [0.4, 0.5) is 24.9 Å². The number of halogens is 3. The molecule has 0 unspecified atom stereocenters. The van der Waals surface area contributed by atoms with Crippen LogP contribution in [0, 0.1) is 11.3 Å².